The van der Waals surface area contributed by atoms with Crippen molar-refractivity contribution < 1.29 is 13.2 Å². The molecule has 0 saturated carbocycles. The van der Waals surface area contributed by atoms with Gasteiger partial charge >= 0.3 is 0 Å². The number of hydrogen-bond donors (Lipinski definition) is 1. The van der Waals surface area contributed by atoms with Crippen LogP contribution >= 0.6 is 0 Å². The molecule has 0 heterocycles. The second kappa shape index (κ2) is 6.16. The van der Waals surface area contributed by atoms with Crippen molar-refractivity contribution in [2.24, 2.45) is 0 Å². The number of hydrogen-bond acceptors (Lipinski definition) is 3. The normalized spacial score (nSPS) is 11.4. The summed E-state index contributed by atoms with van der Waals surface area (Å²) in [6.45, 7) is 0. The Bertz CT molecular complexity index is 707. The standard InChI is InChI=1S/C15H13NO3S/c17-15(12-11-13-7-3-1-4-8-13)16-20(18,19)14-9-5-2-6-10-14/h1-12H,(H,16,17). The van der Waals surface area contributed by atoms with Crippen LogP contribution in [0.2, 0.25) is 0 Å². The topological polar surface area (TPSA) is 63.2 Å². The quantitative estimate of drug-likeness (QED) is 0.877. The zero-order valence-electron chi connectivity index (χ0n) is 10.6. The Morgan fingerprint density at radius 3 is 2.05 bits per heavy atom. The second-order valence-corrected chi connectivity index (χ2v) is 5.71. The average Bonchev–Trinajstić information content (AvgIpc) is 2.47. The minimum Gasteiger partial charge on any atom is -0.269 e. The molecule has 0 aliphatic heterocycles. The zero-order chi connectivity index (χ0) is 14.4. The summed E-state index contributed by atoms with van der Waals surface area (Å²) in [5.74, 6) is -0.683. The van der Waals surface area contributed by atoms with E-state index in [1.54, 1.807) is 24.3 Å². The Morgan fingerprint density at radius 2 is 1.45 bits per heavy atom. The maximum absolute atomic E-state index is 11.9. The first-order chi connectivity index (χ1) is 9.58. The molecule has 4 nitrogen and oxygen atoms in total. The second-order valence-electron chi connectivity index (χ2n) is 4.03. The summed E-state index contributed by atoms with van der Waals surface area (Å²) in [7, 11) is -3.81. The zero-order valence-corrected chi connectivity index (χ0v) is 11.4. The Hall–Kier alpha value is -2.40. The van der Waals surface area contributed by atoms with Gasteiger partial charge in [0, 0.05) is 6.08 Å². The van der Waals surface area contributed by atoms with Gasteiger partial charge in [0.15, 0.2) is 0 Å². The summed E-state index contributed by atoms with van der Waals surface area (Å²) < 4.78 is 25.8. The molecule has 0 aliphatic carbocycles. The summed E-state index contributed by atoms with van der Waals surface area (Å²) in [5, 5.41) is 0. The molecule has 20 heavy (non-hydrogen) atoms. The summed E-state index contributed by atoms with van der Waals surface area (Å²) in [6.07, 6.45) is 2.74. The third kappa shape index (κ3) is 3.80. The van der Waals surface area contributed by atoms with Crippen LogP contribution in [0.25, 0.3) is 6.08 Å². The lowest BCUT2D eigenvalue weighted by atomic mass is 10.2. The largest absolute Gasteiger partial charge is 0.269 e. The van der Waals surface area contributed by atoms with E-state index in [0.717, 1.165) is 5.56 Å². The van der Waals surface area contributed by atoms with Crippen LogP contribution in [0.3, 0.4) is 0 Å². The highest BCUT2D eigenvalue weighted by Gasteiger charge is 2.15. The van der Waals surface area contributed by atoms with E-state index in [9.17, 15) is 13.2 Å². The fourth-order valence-electron chi connectivity index (χ4n) is 1.56. The smallest absolute Gasteiger partial charge is 0.264 e. The van der Waals surface area contributed by atoms with Crippen molar-refractivity contribution in [1.29, 1.82) is 0 Å². The fraction of sp³-hybridized carbons (Fsp3) is 0. The molecule has 0 unspecified atom stereocenters. The van der Waals surface area contributed by atoms with Gasteiger partial charge in [-0.1, -0.05) is 48.5 Å². The first kappa shape index (κ1) is 14.0. The highest BCUT2D eigenvalue weighted by molar-refractivity contribution is 7.90. The number of amides is 1. The van der Waals surface area contributed by atoms with Gasteiger partial charge in [0.25, 0.3) is 15.9 Å². The summed E-state index contributed by atoms with van der Waals surface area (Å²) >= 11 is 0. The van der Waals surface area contributed by atoms with Gasteiger partial charge < -0.3 is 0 Å². The third-order valence-electron chi connectivity index (χ3n) is 2.52. The van der Waals surface area contributed by atoms with Crippen molar-refractivity contribution in [3.8, 4) is 0 Å². The molecule has 0 aromatic heterocycles. The predicted molar refractivity (Wildman–Crippen MR) is 77.2 cm³/mol. The SMILES string of the molecule is O=C(C=Cc1ccccc1)NS(=O)(=O)c1ccccc1. The lowest BCUT2D eigenvalue weighted by molar-refractivity contribution is -0.114. The minimum atomic E-state index is -3.81. The number of carbonyl (C=O) groups is 1. The molecule has 0 spiro atoms. The van der Waals surface area contributed by atoms with E-state index in [0.29, 0.717) is 0 Å². The van der Waals surface area contributed by atoms with Crippen LogP contribution in [0.1, 0.15) is 5.56 Å². The molecule has 0 saturated heterocycles. The number of carbonyl (C=O) groups excluding carboxylic acids is 1. The summed E-state index contributed by atoms with van der Waals surface area (Å²) in [4.78, 5) is 11.7. The third-order valence-corrected chi connectivity index (χ3v) is 3.88. The molecule has 0 atom stereocenters. The van der Waals surface area contributed by atoms with E-state index in [-0.39, 0.29) is 4.90 Å². The van der Waals surface area contributed by atoms with E-state index < -0.39 is 15.9 Å². The van der Waals surface area contributed by atoms with E-state index in [2.05, 4.69) is 0 Å². The van der Waals surface area contributed by atoms with Crippen LogP contribution in [0, 0.1) is 0 Å². The van der Waals surface area contributed by atoms with Gasteiger partial charge in [0.05, 0.1) is 4.90 Å². The van der Waals surface area contributed by atoms with Crippen molar-refractivity contribution in [1.82, 2.24) is 4.72 Å². The van der Waals surface area contributed by atoms with Crippen molar-refractivity contribution in [2.45, 2.75) is 4.90 Å². The number of nitrogens with one attached hydrogen (secondary N) is 1. The maximum atomic E-state index is 11.9. The molecule has 0 bridgehead atoms. The van der Waals surface area contributed by atoms with Crippen LogP contribution in [0.5, 0.6) is 0 Å². The maximum Gasteiger partial charge on any atom is 0.264 e. The summed E-state index contributed by atoms with van der Waals surface area (Å²) in [6, 6.07) is 16.9. The van der Waals surface area contributed by atoms with Gasteiger partial charge in [-0.3, -0.25) is 4.79 Å². The van der Waals surface area contributed by atoms with Crippen LogP contribution in [0.4, 0.5) is 0 Å². The predicted octanol–water partition coefficient (Wildman–Crippen LogP) is 2.20. The molecule has 2 aromatic carbocycles. The highest BCUT2D eigenvalue weighted by atomic mass is 32.2. The number of rotatable bonds is 4. The first-order valence-electron chi connectivity index (χ1n) is 5.93. The van der Waals surface area contributed by atoms with Gasteiger partial charge in [-0.05, 0) is 23.8 Å². The molecule has 0 fully saturated rings. The van der Waals surface area contributed by atoms with E-state index in [4.69, 9.17) is 0 Å². The van der Waals surface area contributed by atoms with Crippen molar-refractivity contribution in [3.05, 3.63) is 72.3 Å². The Morgan fingerprint density at radius 1 is 0.900 bits per heavy atom. The average molecular weight is 287 g/mol. The van der Waals surface area contributed by atoms with Crippen LogP contribution in [0.15, 0.2) is 71.6 Å². The molecule has 5 heteroatoms. The monoisotopic (exact) mass is 287 g/mol. The molecule has 0 aliphatic rings. The lowest BCUT2D eigenvalue weighted by Gasteiger charge is -2.04. The molecular weight excluding hydrogens is 274 g/mol. The van der Waals surface area contributed by atoms with Crippen molar-refractivity contribution in [2.75, 3.05) is 0 Å². The molecular formula is C15H13NO3S. The van der Waals surface area contributed by atoms with Crippen molar-refractivity contribution in [3.63, 3.8) is 0 Å². The van der Waals surface area contributed by atoms with Gasteiger partial charge in [-0.15, -0.1) is 0 Å². The number of benzene rings is 2. The Balaban J connectivity index is 2.07. The van der Waals surface area contributed by atoms with Gasteiger partial charge in [-0.25, -0.2) is 13.1 Å². The molecule has 2 rings (SSSR count). The fourth-order valence-corrected chi connectivity index (χ4v) is 2.53. The molecule has 1 N–H and O–H groups in total. The molecule has 0 radical (unpaired) electrons. The highest BCUT2D eigenvalue weighted by Crippen LogP contribution is 2.07. The Labute approximate surface area is 117 Å². The first-order valence-corrected chi connectivity index (χ1v) is 7.41. The van der Waals surface area contributed by atoms with Crippen LogP contribution in [-0.2, 0) is 14.8 Å². The van der Waals surface area contributed by atoms with E-state index in [1.807, 2.05) is 35.1 Å². The molecule has 2 aromatic rings. The van der Waals surface area contributed by atoms with E-state index in [1.165, 1.54) is 18.2 Å². The molecule has 1 amide bonds. The van der Waals surface area contributed by atoms with Gasteiger partial charge in [0.2, 0.25) is 0 Å². The van der Waals surface area contributed by atoms with Crippen molar-refractivity contribution >= 4 is 22.0 Å². The van der Waals surface area contributed by atoms with Gasteiger partial charge in [0.1, 0.15) is 0 Å². The van der Waals surface area contributed by atoms with Gasteiger partial charge in [-0.2, -0.15) is 0 Å². The summed E-state index contributed by atoms with van der Waals surface area (Å²) in [5.41, 5.74) is 0.819. The molecule has 102 valence electrons. The van der Waals surface area contributed by atoms with E-state index >= 15 is 0 Å². The number of sulfonamides is 1. The van der Waals surface area contributed by atoms with Crippen LogP contribution < -0.4 is 4.72 Å². The lowest BCUT2D eigenvalue weighted by Crippen LogP contribution is -2.28. The minimum absolute atomic E-state index is 0.0569. The van der Waals surface area contributed by atoms with Crippen LogP contribution in [-0.4, -0.2) is 14.3 Å². The Kier molecular flexibility index (Phi) is 4.32.